The number of carbonyl (C=O) groups excluding carboxylic acids is 2. The molecule has 1 aromatic carbocycles. The standard InChI is InChI=1S/C19H14ClF6N3O3.C2H3F3O/c20-14-4-3-10(5-12(14)16(30)28-9-1-2-9)29-17(31)15-13(19(24,25)26)6-11(7-27-15)32-8-18(21,22)23;3-2(4,5)1-6/h3-7,9H,1-2,8H2,(H,28,30)(H,29,31);6H,1H2. The summed E-state index contributed by atoms with van der Waals surface area (Å²) in [5.41, 5.74) is -2.70. The van der Waals surface area contributed by atoms with Crippen LogP contribution in [0.4, 0.5) is 45.2 Å². The van der Waals surface area contributed by atoms with Crippen LogP contribution in [0.2, 0.25) is 5.02 Å². The molecule has 0 aliphatic heterocycles. The van der Waals surface area contributed by atoms with Gasteiger partial charge in [-0.2, -0.15) is 39.5 Å². The van der Waals surface area contributed by atoms with Gasteiger partial charge in [0.15, 0.2) is 6.61 Å². The normalized spacial score (nSPS) is 13.8. The monoisotopic (exact) mass is 581 g/mol. The summed E-state index contributed by atoms with van der Waals surface area (Å²) in [6, 6.07) is 4.01. The third-order valence-electron chi connectivity index (χ3n) is 4.35. The average Bonchev–Trinajstić information content (AvgIpc) is 3.61. The lowest BCUT2D eigenvalue weighted by atomic mass is 10.1. The fourth-order valence-corrected chi connectivity index (χ4v) is 2.75. The van der Waals surface area contributed by atoms with E-state index in [4.69, 9.17) is 16.7 Å². The topological polar surface area (TPSA) is 101 Å². The summed E-state index contributed by atoms with van der Waals surface area (Å²) in [6.45, 7) is -3.55. The molecule has 0 bridgehead atoms. The van der Waals surface area contributed by atoms with Gasteiger partial charge in [0.1, 0.15) is 18.1 Å². The number of rotatable bonds is 6. The number of hydrogen-bond donors (Lipinski definition) is 3. The molecule has 38 heavy (non-hydrogen) atoms. The van der Waals surface area contributed by atoms with Crippen molar-refractivity contribution in [1.29, 1.82) is 0 Å². The van der Waals surface area contributed by atoms with Crippen LogP contribution in [0.5, 0.6) is 5.75 Å². The Bertz CT molecular complexity index is 1150. The van der Waals surface area contributed by atoms with Gasteiger partial charge < -0.3 is 20.5 Å². The van der Waals surface area contributed by atoms with Crippen molar-refractivity contribution in [2.45, 2.75) is 37.4 Å². The molecule has 1 fully saturated rings. The lowest BCUT2D eigenvalue weighted by Gasteiger charge is -2.15. The van der Waals surface area contributed by atoms with Gasteiger partial charge in [-0.05, 0) is 37.1 Å². The molecule has 0 saturated heterocycles. The van der Waals surface area contributed by atoms with Crippen LogP contribution in [-0.4, -0.2) is 53.5 Å². The second kappa shape index (κ2) is 12.1. The number of aliphatic hydroxyl groups is 1. The number of nitrogens with zero attached hydrogens (tertiary/aromatic N) is 1. The first kappa shape index (κ1) is 31.0. The van der Waals surface area contributed by atoms with E-state index in [-0.39, 0.29) is 28.4 Å². The van der Waals surface area contributed by atoms with E-state index in [2.05, 4.69) is 20.4 Å². The molecule has 0 spiro atoms. The molecule has 1 saturated carbocycles. The smallest absolute Gasteiger partial charge is 0.422 e. The van der Waals surface area contributed by atoms with Crippen molar-refractivity contribution in [2.75, 3.05) is 18.5 Å². The summed E-state index contributed by atoms with van der Waals surface area (Å²) in [6.07, 6.45) is -12.1. The van der Waals surface area contributed by atoms with Crippen LogP contribution in [0, 0.1) is 0 Å². The number of anilines is 1. The van der Waals surface area contributed by atoms with Gasteiger partial charge >= 0.3 is 18.5 Å². The summed E-state index contributed by atoms with van der Waals surface area (Å²) in [7, 11) is 0. The first-order chi connectivity index (χ1) is 17.4. The predicted molar refractivity (Wildman–Crippen MR) is 114 cm³/mol. The predicted octanol–water partition coefficient (Wildman–Crippen LogP) is 5.38. The second-order valence-electron chi connectivity index (χ2n) is 7.64. The van der Waals surface area contributed by atoms with E-state index in [1.54, 1.807) is 0 Å². The summed E-state index contributed by atoms with van der Waals surface area (Å²) < 4.78 is 113. The molecule has 2 amide bonds. The van der Waals surface area contributed by atoms with Gasteiger partial charge in [-0.3, -0.25) is 9.59 Å². The molecule has 0 unspecified atom stereocenters. The van der Waals surface area contributed by atoms with E-state index < -0.39 is 60.6 Å². The van der Waals surface area contributed by atoms with Gasteiger partial charge in [-0.1, -0.05) is 11.6 Å². The van der Waals surface area contributed by atoms with Crippen molar-refractivity contribution in [2.24, 2.45) is 0 Å². The Hall–Kier alpha value is -3.27. The molecular weight excluding hydrogens is 565 g/mol. The molecule has 2 aromatic rings. The van der Waals surface area contributed by atoms with Gasteiger partial charge in [-0.15, -0.1) is 0 Å². The summed E-state index contributed by atoms with van der Waals surface area (Å²) >= 11 is 5.98. The first-order valence-electron chi connectivity index (χ1n) is 10.3. The number of nitrogens with one attached hydrogen (secondary N) is 2. The van der Waals surface area contributed by atoms with E-state index >= 15 is 0 Å². The molecule has 1 aliphatic carbocycles. The highest BCUT2D eigenvalue weighted by atomic mass is 35.5. The SMILES string of the molecule is O=C(NC1CC1)c1cc(NC(=O)c2ncc(OCC(F)(F)F)cc2C(F)(F)F)ccc1Cl.OCC(F)(F)F. The molecule has 3 N–H and O–H groups in total. The number of hydrogen-bond acceptors (Lipinski definition) is 5. The molecule has 1 heterocycles. The van der Waals surface area contributed by atoms with Crippen LogP contribution >= 0.6 is 11.6 Å². The van der Waals surface area contributed by atoms with E-state index in [1.165, 1.54) is 18.2 Å². The van der Waals surface area contributed by atoms with Gasteiger partial charge in [0.25, 0.3) is 11.8 Å². The molecule has 0 atom stereocenters. The Labute approximate surface area is 212 Å². The minimum Gasteiger partial charge on any atom is -0.482 e. The highest BCUT2D eigenvalue weighted by molar-refractivity contribution is 6.34. The van der Waals surface area contributed by atoms with Crippen LogP contribution in [0.15, 0.2) is 30.5 Å². The number of aromatic nitrogens is 1. The molecule has 210 valence electrons. The molecular formula is C21H17ClF9N3O4. The Morgan fingerprint density at radius 2 is 1.61 bits per heavy atom. The zero-order valence-corrected chi connectivity index (χ0v) is 19.4. The van der Waals surface area contributed by atoms with Gasteiger partial charge in [0, 0.05) is 11.7 Å². The maximum Gasteiger partial charge on any atom is 0.422 e. The van der Waals surface area contributed by atoms with E-state index in [9.17, 15) is 49.1 Å². The Kier molecular flexibility index (Phi) is 9.83. The van der Waals surface area contributed by atoms with E-state index in [0.717, 1.165) is 12.8 Å². The molecule has 1 aromatic heterocycles. The van der Waals surface area contributed by atoms with Crippen molar-refractivity contribution in [1.82, 2.24) is 10.3 Å². The van der Waals surface area contributed by atoms with Crippen molar-refractivity contribution in [3.05, 3.63) is 52.3 Å². The number of aliphatic hydroxyl groups excluding tert-OH is 1. The summed E-state index contributed by atoms with van der Waals surface area (Å²) in [5.74, 6) is -2.61. The summed E-state index contributed by atoms with van der Waals surface area (Å²) in [5, 5.41) is 12.2. The van der Waals surface area contributed by atoms with Crippen molar-refractivity contribution < 1.29 is 58.9 Å². The quantitative estimate of drug-likeness (QED) is 0.398. The fraction of sp³-hybridized carbons (Fsp3) is 0.381. The Balaban J connectivity index is 0.000000757. The number of benzene rings is 1. The maximum atomic E-state index is 13.4. The molecule has 7 nitrogen and oxygen atoms in total. The third-order valence-corrected chi connectivity index (χ3v) is 4.68. The number of ether oxygens (including phenoxy) is 1. The van der Waals surface area contributed by atoms with Crippen LogP contribution < -0.4 is 15.4 Å². The average molecular weight is 582 g/mol. The van der Waals surface area contributed by atoms with Crippen molar-refractivity contribution in [3.8, 4) is 5.75 Å². The zero-order valence-electron chi connectivity index (χ0n) is 18.7. The zero-order chi connectivity index (χ0) is 28.9. The second-order valence-corrected chi connectivity index (χ2v) is 8.05. The molecule has 3 rings (SSSR count). The number of halogens is 10. The van der Waals surface area contributed by atoms with Gasteiger partial charge in [-0.25, -0.2) is 4.98 Å². The largest absolute Gasteiger partial charge is 0.482 e. The van der Waals surface area contributed by atoms with Crippen molar-refractivity contribution in [3.63, 3.8) is 0 Å². The van der Waals surface area contributed by atoms with Gasteiger partial charge in [0.05, 0.1) is 22.3 Å². The Morgan fingerprint density at radius 1 is 1.00 bits per heavy atom. The Morgan fingerprint density at radius 3 is 2.11 bits per heavy atom. The van der Waals surface area contributed by atoms with E-state index in [0.29, 0.717) is 6.20 Å². The minimum atomic E-state index is -5.10. The highest BCUT2D eigenvalue weighted by Gasteiger charge is 2.37. The van der Waals surface area contributed by atoms with Crippen LogP contribution in [-0.2, 0) is 6.18 Å². The summed E-state index contributed by atoms with van der Waals surface area (Å²) in [4.78, 5) is 28.0. The number of alkyl halides is 9. The fourth-order valence-electron chi connectivity index (χ4n) is 2.54. The van der Waals surface area contributed by atoms with Crippen LogP contribution in [0.1, 0.15) is 39.3 Å². The highest BCUT2D eigenvalue weighted by Crippen LogP contribution is 2.34. The van der Waals surface area contributed by atoms with Gasteiger partial charge in [0.2, 0.25) is 0 Å². The molecule has 0 radical (unpaired) electrons. The van der Waals surface area contributed by atoms with Crippen LogP contribution in [0.3, 0.4) is 0 Å². The maximum absolute atomic E-state index is 13.4. The first-order valence-corrected chi connectivity index (χ1v) is 10.6. The number of amides is 2. The van der Waals surface area contributed by atoms with E-state index in [1.807, 2.05) is 0 Å². The third kappa shape index (κ3) is 10.2. The lowest BCUT2D eigenvalue weighted by molar-refractivity contribution is -0.159. The number of carbonyl (C=O) groups is 2. The minimum absolute atomic E-state index is 0.0104. The van der Waals surface area contributed by atoms with Crippen LogP contribution in [0.25, 0.3) is 0 Å². The van der Waals surface area contributed by atoms with Crippen molar-refractivity contribution >= 4 is 29.1 Å². The molecule has 17 heteroatoms. The number of pyridine rings is 1. The lowest BCUT2D eigenvalue weighted by Crippen LogP contribution is -2.26. The molecule has 1 aliphatic rings.